The second-order valence-corrected chi connectivity index (χ2v) is 5.64. The summed E-state index contributed by atoms with van der Waals surface area (Å²) in [6, 6.07) is 0.280. The molecule has 0 aliphatic carbocycles. The van der Waals surface area contributed by atoms with Gasteiger partial charge in [0.25, 0.3) is 0 Å². The molecule has 6 heteroatoms. The minimum absolute atomic E-state index is 0.270. The third kappa shape index (κ3) is 3.64. The summed E-state index contributed by atoms with van der Waals surface area (Å²) in [5, 5.41) is 7.23. The summed E-state index contributed by atoms with van der Waals surface area (Å²) in [5.41, 5.74) is 0. The first-order valence-corrected chi connectivity index (χ1v) is 6.78. The van der Waals surface area contributed by atoms with E-state index in [4.69, 9.17) is 0 Å². The second-order valence-electron chi connectivity index (χ2n) is 3.63. The van der Waals surface area contributed by atoms with Gasteiger partial charge < -0.3 is 5.32 Å². The first-order valence-electron chi connectivity index (χ1n) is 4.89. The predicted molar refractivity (Wildman–Crippen MR) is 58.5 cm³/mol. The molecule has 0 aliphatic rings. The number of nitrogens with zero attached hydrogens (tertiary/aromatic N) is 2. The summed E-state index contributed by atoms with van der Waals surface area (Å²) in [5.74, 6) is 0. The van der Waals surface area contributed by atoms with Crippen LogP contribution in [0.3, 0.4) is 0 Å². The summed E-state index contributed by atoms with van der Waals surface area (Å²) in [6.07, 6.45) is 4.12. The molecule has 5 nitrogen and oxygen atoms in total. The van der Waals surface area contributed by atoms with E-state index in [1.807, 2.05) is 13.8 Å². The highest BCUT2D eigenvalue weighted by atomic mass is 32.2. The summed E-state index contributed by atoms with van der Waals surface area (Å²) < 4.78 is 24.0. The Labute approximate surface area is 90.4 Å². The fourth-order valence-electron chi connectivity index (χ4n) is 1.33. The van der Waals surface area contributed by atoms with Gasteiger partial charge in [-0.2, -0.15) is 5.10 Å². The third-order valence-electron chi connectivity index (χ3n) is 2.05. The molecule has 1 heterocycles. The van der Waals surface area contributed by atoms with Gasteiger partial charge in [-0.05, 0) is 13.5 Å². The van der Waals surface area contributed by atoms with E-state index in [9.17, 15) is 8.42 Å². The molecule has 15 heavy (non-hydrogen) atoms. The Morgan fingerprint density at radius 3 is 2.73 bits per heavy atom. The minimum Gasteiger partial charge on any atom is -0.313 e. The third-order valence-corrected chi connectivity index (χ3v) is 3.12. The van der Waals surface area contributed by atoms with Crippen LogP contribution >= 0.6 is 0 Å². The zero-order valence-corrected chi connectivity index (χ0v) is 10.1. The number of sulfone groups is 1. The van der Waals surface area contributed by atoms with Crippen LogP contribution in [0.4, 0.5) is 0 Å². The van der Waals surface area contributed by atoms with Crippen molar-refractivity contribution in [1.82, 2.24) is 15.1 Å². The number of nitrogens with one attached hydrogen (secondary N) is 1. The van der Waals surface area contributed by atoms with Crippen LogP contribution in [-0.4, -0.2) is 37.0 Å². The number of rotatable bonds is 5. The lowest BCUT2D eigenvalue weighted by atomic mass is 10.3. The largest absolute Gasteiger partial charge is 0.313 e. The van der Waals surface area contributed by atoms with Gasteiger partial charge in [-0.1, -0.05) is 6.92 Å². The van der Waals surface area contributed by atoms with Crippen LogP contribution in [0.25, 0.3) is 0 Å². The Hall–Kier alpha value is -0.880. The maximum Gasteiger partial charge on any atom is 0.178 e. The summed E-state index contributed by atoms with van der Waals surface area (Å²) in [7, 11) is -3.13. The van der Waals surface area contributed by atoms with Crippen LogP contribution in [-0.2, 0) is 16.4 Å². The van der Waals surface area contributed by atoms with E-state index in [0.717, 1.165) is 6.54 Å². The molecule has 1 atom stereocenters. The lowest BCUT2D eigenvalue weighted by molar-refractivity contribution is 0.461. The smallest absolute Gasteiger partial charge is 0.178 e. The van der Waals surface area contributed by atoms with Gasteiger partial charge in [0.05, 0.1) is 12.7 Å². The molecule has 0 spiro atoms. The molecule has 0 fully saturated rings. The van der Waals surface area contributed by atoms with E-state index >= 15 is 0 Å². The Balaban J connectivity index is 2.69. The van der Waals surface area contributed by atoms with E-state index in [1.165, 1.54) is 12.5 Å². The highest BCUT2D eigenvalue weighted by Crippen LogP contribution is 2.06. The first-order chi connectivity index (χ1) is 6.93. The van der Waals surface area contributed by atoms with E-state index in [1.54, 1.807) is 10.9 Å². The number of hydrogen-bond donors (Lipinski definition) is 1. The van der Waals surface area contributed by atoms with Crippen LogP contribution in [0.5, 0.6) is 0 Å². The standard InChI is InChI=1S/C9H17N3O2S/c1-4-10-8(2)6-12-7-9(5-11-12)15(3,13)14/h5,7-8,10H,4,6H2,1-3H3. The second kappa shape index (κ2) is 4.76. The average Bonchev–Trinajstić information content (AvgIpc) is 2.52. The lowest BCUT2D eigenvalue weighted by Gasteiger charge is -2.11. The van der Waals surface area contributed by atoms with Crippen LogP contribution < -0.4 is 5.32 Å². The molecule has 0 aromatic carbocycles. The van der Waals surface area contributed by atoms with Crippen LogP contribution in [0.15, 0.2) is 17.3 Å². The SMILES string of the molecule is CCNC(C)Cn1cc(S(C)(=O)=O)cn1. The predicted octanol–water partition coefficient (Wildman–Crippen LogP) is 0.285. The fourth-order valence-corrected chi connectivity index (χ4v) is 1.88. The molecule has 1 unspecified atom stereocenters. The van der Waals surface area contributed by atoms with Gasteiger partial charge in [0, 0.05) is 18.5 Å². The van der Waals surface area contributed by atoms with Crippen molar-refractivity contribution in [1.29, 1.82) is 0 Å². The van der Waals surface area contributed by atoms with Crippen LogP contribution in [0, 0.1) is 0 Å². The van der Waals surface area contributed by atoms with Crippen molar-refractivity contribution < 1.29 is 8.42 Å². The molecule has 0 bridgehead atoms. The van der Waals surface area contributed by atoms with E-state index < -0.39 is 9.84 Å². The highest BCUT2D eigenvalue weighted by molar-refractivity contribution is 7.90. The normalized spacial score (nSPS) is 14.1. The molecular weight excluding hydrogens is 214 g/mol. The van der Waals surface area contributed by atoms with E-state index in [2.05, 4.69) is 10.4 Å². The lowest BCUT2D eigenvalue weighted by Crippen LogP contribution is -2.30. The van der Waals surface area contributed by atoms with Gasteiger partial charge in [0.15, 0.2) is 9.84 Å². The number of likely N-dealkylation sites (N-methyl/N-ethyl adjacent to an activating group) is 1. The van der Waals surface area contributed by atoms with Gasteiger partial charge in [-0.3, -0.25) is 4.68 Å². The zero-order valence-electron chi connectivity index (χ0n) is 9.27. The molecule has 1 aromatic heterocycles. The van der Waals surface area contributed by atoms with Crippen molar-refractivity contribution in [3.8, 4) is 0 Å². The Morgan fingerprint density at radius 1 is 1.60 bits per heavy atom. The topological polar surface area (TPSA) is 64.0 Å². The van der Waals surface area contributed by atoms with Gasteiger partial charge in [-0.15, -0.1) is 0 Å². The summed E-state index contributed by atoms with van der Waals surface area (Å²) in [6.45, 7) is 5.62. The maximum atomic E-state index is 11.2. The molecule has 86 valence electrons. The van der Waals surface area contributed by atoms with Gasteiger partial charge in [0.1, 0.15) is 4.90 Å². The number of aromatic nitrogens is 2. The van der Waals surface area contributed by atoms with Gasteiger partial charge in [-0.25, -0.2) is 8.42 Å². The maximum absolute atomic E-state index is 11.2. The highest BCUT2D eigenvalue weighted by Gasteiger charge is 2.10. The first kappa shape index (κ1) is 12.2. The molecule has 0 amide bonds. The van der Waals surface area contributed by atoms with Crippen molar-refractivity contribution in [2.75, 3.05) is 12.8 Å². The van der Waals surface area contributed by atoms with Crippen LogP contribution in [0.1, 0.15) is 13.8 Å². The molecule has 0 radical (unpaired) electrons. The van der Waals surface area contributed by atoms with Crippen molar-refractivity contribution in [2.24, 2.45) is 0 Å². The Morgan fingerprint density at radius 2 is 2.27 bits per heavy atom. The molecule has 0 saturated carbocycles. The summed E-state index contributed by atoms with van der Waals surface area (Å²) >= 11 is 0. The Kier molecular flexibility index (Phi) is 3.87. The quantitative estimate of drug-likeness (QED) is 0.791. The van der Waals surface area contributed by atoms with Gasteiger partial charge >= 0.3 is 0 Å². The zero-order chi connectivity index (χ0) is 11.5. The minimum atomic E-state index is -3.13. The van der Waals surface area contributed by atoms with E-state index in [0.29, 0.717) is 6.54 Å². The van der Waals surface area contributed by atoms with Crippen molar-refractivity contribution in [2.45, 2.75) is 31.3 Å². The fraction of sp³-hybridized carbons (Fsp3) is 0.667. The monoisotopic (exact) mass is 231 g/mol. The number of hydrogen-bond acceptors (Lipinski definition) is 4. The van der Waals surface area contributed by atoms with E-state index in [-0.39, 0.29) is 10.9 Å². The van der Waals surface area contributed by atoms with Crippen molar-refractivity contribution in [3.05, 3.63) is 12.4 Å². The molecule has 0 aliphatic heterocycles. The van der Waals surface area contributed by atoms with Crippen molar-refractivity contribution in [3.63, 3.8) is 0 Å². The van der Waals surface area contributed by atoms with Crippen LogP contribution in [0.2, 0.25) is 0 Å². The average molecular weight is 231 g/mol. The molecule has 1 N–H and O–H groups in total. The molecular formula is C9H17N3O2S. The summed E-state index contributed by atoms with van der Waals surface area (Å²) in [4.78, 5) is 0.270. The Bertz CT molecular complexity index is 411. The molecule has 0 saturated heterocycles. The molecule has 1 aromatic rings. The van der Waals surface area contributed by atoms with Gasteiger partial charge in [0.2, 0.25) is 0 Å². The van der Waals surface area contributed by atoms with Crippen molar-refractivity contribution >= 4 is 9.84 Å². The molecule has 1 rings (SSSR count).